The zero-order valence-corrected chi connectivity index (χ0v) is 11.9. The molecule has 0 spiro atoms. The molecule has 1 heterocycles. The number of ether oxygens (including phenoxy) is 1. The maximum atomic E-state index is 11.9. The topological polar surface area (TPSA) is 41.6 Å². The van der Waals surface area contributed by atoms with Crippen LogP contribution in [0.2, 0.25) is 0 Å². The Hall–Kier alpha value is -0.910. The zero-order chi connectivity index (χ0) is 13.0. The summed E-state index contributed by atoms with van der Waals surface area (Å²) in [5, 5.41) is 2.90. The minimum Gasteiger partial charge on any atom is -0.376 e. The van der Waals surface area contributed by atoms with Gasteiger partial charge in [0, 0.05) is 17.6 Å². The van der Waals surface area contributed by atoms with E-state index in [1.807, 2.05) is 31.2 Å². The largest absolute Gasteiger partial charge is 0.376 e. The number of carbonyl (C=O) groups is 1. The van der Waals surface area contributed by atoms with Gasteiger partial charge in [-0.1, -0.05) is 12.1 Å². The summed E-state index contributed by atoms with van der Waals surface area (Å²) in [5.41, 5.74) is 0.809. The molecule has 0 aliphatic carbocycles. The van der Waals surface area contributed by atoms with E-state index in [0.717, 1.165) is 23.2 Å². The summed E-state index contributed by atoms with van der Waals surface area (Å²) in [5.74, 6) is 0.0102. The molecule has 5 heteroatoms. The van der Waals surface area contributed by atoms with E-state index in [0.29, 0.717) is 13.2 Å². The highest BCUT2D eigenvalue weighted by Crippen LogP contribution is 2.21. The van der Waals surface area contributed by atoms with Crippen molar-refractivity contribution in [1.82, 2.24) is 4.90 Å². The van der Waals surface area contributed by atoms with E-state index >= 15 is 0 Å². The number of carbonyl (C=O) groups excluding carboxylic acids is 1. The molecule has 1 aliphatic rings. The van der Waals surface area contributed by atoms with Crippen LogP contribution in [0.1, 0.15) is 6.92 Å². The summed E-state index contributed by atoms with van der Waals surface area (Å²) < 4.78 is 6.34. The predicted octanol–water partition coefficient (Wildman–Crippen LogP) is 2.11. The molecule has 1 saturated heterocycles. The zero-order valence-electron chi connectivity index (χ0n) is 10.4. The standard InChI is InChI=1S/C13H17BrN2O2/c1-10-8-16(6-7-18-10)9-13(17)15-12-5-3-2-4-11(12)14/h2-5,10H,6-9H2,1H3,(H,15,17). The van der Waals surface area contributed by atoms with Gasteiger partial charge in [0.25, 0.3) is 0 Å². The molecule has 0 saturated carbocycles. The molecule has 18 heavy (non-hydrogen) atoms. The van der Waals surface area contributed by atoms with Crippen LogP contribution in [0, 0.1) is 0 Å². The molecule has 1 aromatic carbocycles. The Labute approximate surface area is 115 Å². The molecule has 1 aromatic rings. The number of hydrogen-bond donors (Lipinski definition) is 1. The van der Waals surface area contributed by atoms with Gasteiger partial charge in [-0.05, 0) is 35.0 Å². The van der Waals surface area contributed by atoms with Crippen LogP contribution in [0.15, 0.2) is 28.7 Å². The molecule has 2 rings (SSSR count). The predicted molar refractivity (Wildman–Crippen MR) is 74.6 cm³/mol. The quantitative estimate of drug-likeness (QED) is 0.929. The first-order valence-corrected chi connectivity index (χ1v) is 6.83. The van der Waals surface area contributed by atoms with Crippen molar-refractivity contribution in [3.05, 3.63) is 28.7 Å². The number of anilines is 1. The average molecular weight is 313 g/mol. The number of halogens is 1. The Morgan fingerprint density at radius 2 is 2.33 bits per heavy atom. The lowest BCUT2D eigenvalue weighted by Crippen LogP contribution is -2.44. The highest BCUT2D eigenvalue weighted by molar-refractivity contribution is 9.10. The molecule has 1 N–H and O–H groups in total. The molecular formula is C13H17BrN2O2. The Morgan fingerprint density at radius 1 is 1.56 bits per heavy atom. The van der Waals surface area contributed by atoms with Crippen molar-refractivity contribution in [3.8, 4) is 0 Å². The first-order valence-electron chi connectivity index (χ1n) is 6.03. The molecule has 1 unspecified atom stereocenters. The summed E-state index contributed by atoms with van der Waals surface area (Å²) in [7, 11) is 0. The Kier molecular flexibility index (Phi) is 4.74. The number of rotatable bonds is 3. The molecule has 1 fully saturated rings. The minimum atomic E-state index is 0.0102. The number of hydrogen-bond acceptors (Lipinski definition) is 3. The normalized spacial score (nSPS) is 20.7. The van der Waals surface area contributed by atoms with Crippen LogP contribution < -0.4 is 5.32 Å². The second-order valence-electron chi connectivity index (χ2n) is 4.44. The highest BCUT2D eigenvalue weighted by atomic mass is 79.9. The van der Waals surface area contributed by atoms with Crippen molar-refractivity contribution in [1.29, 1.82) is 0 Å². The van der Waals surface area contributed by atoms with Gasteiger partial charge in [-0.15, -0.1) is 0 Å². The fraction of sp³-hybridized carbons (Fsp3) is 0.462. The van der Waals surface area contributed by atoms with Crippen molar-refractivity contribution in [2.75, 3.05) is 31.6 Å². The molecule has 1 atom stereocenters. The van der Waals surface area contributed by atoms with Crippen LogP contribution in [-0.2, 0) is 9.53 Å². The lowest BCUT2D eigenvalue weighted by Gasteiger charge is -2.30. The number of para-hydroxylation sites is 1. The van der Waals surface area contributed by atoms with Crippen LogP contribution in [-0.4, -0.2) is 43.2 Å². The number of morpholine rings is 1. The first kappa shape index (κ1) is 13.5. The smallest absolute Gasteiger partial charge is 0.238 e. The maximum Gasteiger partial charge on any atom is 0.238 e. The highest BCUT2D eigenvalue weighted by Gasteiger charge is 2.19. The van der Waals surface area contributed by atoms with Crippen LogP contribution >= 0.6 is 15.9 Å². The van der Waals surface area contributed by atoms with Gasteiger partial charge in [0.15, 0.2) is 0 Å². The number of nitrogens with zero attached hydrogens (tertiary/aromatic N) is 1. The third kappa shape index (κ3) is 3.80. The van der Waals surface area contributed by atoms with Crippen molar-refractivity contribution < 1.29 is 9.53 Å². The summed E-state index contributed by atoms with van der Waals surface area (Å²) in [6.45, 7) is 4.76. The van der Waals surface area contributed by atoms with E-state index in [2.05, 4.69) is 26.1 Å². The maximum absolute atomic E-state index is 11.9. The first-order chi connectivity index (χ1) is 8.65. The number of amides is 1. The fourth-order valence-corrected chi connectivity index (χ4v) is 2.37. The van der Waals surface area contributed by atoms with E-state index in [-0.39, 0.29) is 12.0 Å². The van der Waals surface area contributed by atoms with Gasteiger partial charge in [0.1, 0.15) is 0 Å². The molecule has 0 radical (unpaired) electrons. The molecular weight excluding hydrogens is 296 g/mol. The van der Waals surface area contributed by atoms with Gasteiger partial charge < -0.3 is 10.1 Å². The molecule has 98 valence electrons. The van der Waals surface area contributed by atoms with Gasteiger partial charge in [-0.3, -0.25) is 9.69 Å². The lowest BCUT2D eigenvalue weighted by atomic mass is 10.3. The Balaban J connectivity index is 1.87. The van der Waals surface area contributed by atoms with Gasteiger partial charge in [0.2, 0.25) is 5.91 Å². The number of benzene rings is 1. The third-order valence-corrected chi connectivity index (χ3v) is 3.53. The number of nitrogens with one attached hydrogen (secondary N) is 1. The van der Waals surface area contributed by atoms with Gasteiger partial charge >= 0.3 is 0 Å². The van der Waals surface area contributed by atoms with Crippen molar-refractivity contribution in [2.45, 2.75) is 13.0 Å². The Bertz CT molecular complexity index is 425. The fourth-order valence-electron chi connectivity index (χ4n) is 1.99. The van der Waals surface area contributed by atoms with E-state index in [1.165, 1.54) is 0 Å². The van der Waals surface area contributed by atoms with Crippen molar-refractivity contribution in [3.63, 3.8) is 0 Å². The molecule has 4 nitrogen and oxygen atoms in total. The minimum absolute atomic E-state index is 0.0102. The van der Waals surface area contributed by atoms with E-state index in [9.17, 15) is 4.79 Å². The SMILES string of the molecule is CC1CN(CC(=O)Nc2ccccc2Br)CCO1. The van der Waals surface area contributed by atoms with Crippen LogP contribution in [0.3, 0.4) is 0 Å². The van der Waals surface area contributed by atoms with Gasteiger partial charge in [0.05, 0.1) is 24.9 Å². The van der Waals surface area contributed by atoms with Crippen LogP contribution in [0.4, 0.5) is 5.69 Å². The monoisotopic (exact) mass is 312 g/mol. The van der Waals surface area contributed by atoms with Gasteiger partial charge in [-0.25, -0.2) is 0 Å². The van der Waals surface area contributed by atoms with Gasteiger partial charge in [-0.2, -0.15) is 0 Å². The molecule has 1 amide bonds. The Morgan fingerprint density at radius 3 is 3.06 bits per heavy atom. The molecule has 0 aromatic heterocycles. The second kappa shape index (κ2) is 6.31. The molecule has 1 aliphatic heterocycles. The van der Waals surface area contributed by atoms with Crippen LogP contribution in [0.5, 0.6) is 0 Å². The van der Waals surface area contributed by atoms with Crippen molar-refractivity contribution >= 4 is 27.5 Å². The summed E-state index contributed by atoms with van der Waals surface area (Å²) >= 11 is 3.41. The third-order valence-electron chi connectivity index (χ3n) is 2.84. The van der Waals surface area contributed by atoms with Crippen LogP contribution in [0.25, 0.3) is 0 Å². The van der Waals surface area contributed by atoms with E-state index in [4.69, 9.17) is 4.74 Å². The second-order valence-corrected chi connectivity index (χ2v) is 5.30. The molecule has 0 bridgehead atoms. The lowest BCUT2D eigenvalue weighted by molar-refractivity contribution is -0.119. The van der Waals surface area contributed by atoms with E-state index in [1.54, 1.807) is 0 Å². The van der Waals surface area contributed by atoms with Crippen molar-refractivity contribution in [2.24, 2.45) is 0 Å². The summed E-state index contributed by atoms with van der Waals surface area (Å²) in [6, 6.07) is 7.61. The summed E-state index contributed by atoms with van der Waals surface area (Å²) in [4.78, 5) is 14.0. The summed E-state index contributed by atoms with van der Waals surface area (Å²) in [6.07, 6.45) is 0.204. The van der Waals surface area contributed by atoms with E-state index < -0.39 is 0 Å². The average Bonchev–Trinajstić information content (AvgIpc) is 2.32.